The molecule has 2 fully saturated rings. The lowest BCUT2D eigenvalue weighted by atomic mass is 10.0. The van der Waals surface area contributed by atoms with E-state index >= 15 is 0 Å². The molecule has 3 heterocycles. The van der Waals surface area contributed by atoms with Gasteiger partial charge in [-0.25, -0.2) is 4.98 Å². The molecule has 1 unspecified atom stereocenters. The third-order valence-corrected chi connectivity index (χ3v) is 7.14. The molecule has 0 bridgehead atoms. The minimum Gasteiger partial charge on any atom is -0.342 e. The average Bonchev–Trinajstić information content (AvgIpc) is 3.60. The Kier molecular flexibility index (Phi) is 6.42. The quantitative estimate of drug-likeness (QED) is 0.596. The number of hydrogen-bond donors (Lipinski definition) is 1. The van der Waals surface area contributed by atoms with E-state index in [4.69, 9.17) is 0 Å². The van der Waals surface area contributed by atoms with Gasteiger partial charge in [-0.3, -0.25) is 9.59 Å². The Morgan fingerprint density at radius 2 is 1.67 bits per heavy atom. The highest BCUT2D eigenvalue weighted by Gasteiger charge is 2.39. The van der Waals surface area contributed by atoms with E-state index in [1.54, 1.807) is 0 Å². The number of H-pyrrole nitrogens is 1. The van der Waals surface area contributed by atoms with E-state index in [0.29, 0.717) is 19.4 Å². The van der Waals surface area contributed by atoms with Crippen LogP contribution in [0.3, 0.4) is 0 Å². The Bertz CT molecular complexity index is 1080. The fraction of sp³-hybridized carbons (Fsp3) is 0.444. The Labute approximate surface area is 195 Å². The van der Waals surface area contributed by atoms with Crippen LogP contribution >= 0.6 is 0 Å². The minimum atomic E-state index is -0.300. The Morgan fingerprint density at radius 1 is 0.909 bits per heavy atom. The van der Waals surface area contributed by atoms with Crippen LogP contribution in [0.25, 0.3) is 11.0 Å². The standard InChI is InChI=1S/C27H32N4O2/c32-26(17-16-25-28-22-11-4-5-12-23(22)29-25)31-19-7-13-24(31)27(33)30-18-6-10-21(30)15-14-20-8-2-1-3-9-20/h1-5,8-9,11-12,21,24H,6-7,10,13-19H2,(H,28,29)/t21?,24-/m0/s1. The van der Waals surface area contributed by atoms with Gasteiger partial charge in [0.2, 0.25) is 11.8 Å². The van der Waals surface area contributed by atoms with Crippen LogP contribution in [-0.4, -0.2) is 56.8 Å². The topological polar surface area (TPSA) is 69.3 Å². The molecule has 3 aromatic rings. The number of nitrogens with one attached hydrogen (secondary N) is 1. The molecule has 5 rings (SSSR count). The van der Waals surface area contributed by atoms with E-state index in [2.05, 4.69) is 39.1 Å². The van der Waals surface area contributed by atoms with Gasteiger partial charge in [-0.15, -0.1) is 0 Å². The first kappa shape index (κ1) is 21.7. The summed E-state index contributed by atoms with van der Waals surface area (Å²) >= 11 is 0. The van der Waals surface area contributed by atoms with Gasteiger partial charge in [0.05, 0.1) is 11.0 Å². The first-order chi connectivity index (χ1) is 16.2. The average molecular weight is 445 g/mol. The number of benzene rings is 2. The lowest BCUT2D eigenvalue weighted by Gasteiger charge is -2.31. The van der Waals surface area contributed by atoms with Crippen molar-refractivity contribution in [1.29, 1.82) is 0 Å². The number of imidazole rings is 1. The second-order valence-corrected chi connectivity index (χ2v) is 9.30. The first-order valence-corrected chi connectivity index (χ1v) is 12.3. The number of aryl methyl sites for hydroxylation is 2. The summed E-state index contributed by atoms with van der Waals surface area (Å²) in [5, 5.41) is 0. The molecular formula is C27H32N4O2. The zero-order valence-electron chi connectivity index (χ0n) is 19.1. The number of carbonyl (C=O) groups excluding carboxylic acids is 2. The first-order valence-electron chi connectivity index (χ1n) is 12.3. The van der Waals surface area contributed by atoms with Crippen molar-refractivity contribution < 1.29 is 9.59 Å². The van der Waals surface area contributed by atoms with Crippen molar-refractivity contribution in [2.45, 2.75) is 63.5 Å². The summed E-state index contributed by atoms with van der Waals surface area (Å²) in [4.78, 5) is 38.3. The predicted molar refractivity (Wildman–Crippen MR) is 129 cm³/mol. The van der Waals surface area contributed by atoms with Crippen LogP contribution in [0.4, 0.5) is 0 Å². The number of aromatic amines is 1. The molecule has 0 spiro atoms. The molecule has 2 amide bonds. The predicted octanol–water partition coefficient (Wildman–Crippen LogP) is 4.11. The number of likely N-dealkylation sites (tertiary alicyclic amines) is 2. The van der Waals surface area contributed by atoms with Gasteiger partial charge in [0.1, 0.15) is 11.9 Å². The molecule has 1 N–H and O–H groups in total. The zero-order valence-corrected chi connectivity index (χ0v) is 19.1. The van der Waals surface area contributed by atoms with E-state index in [9.17, 15) is 9.59 Å². The van der Waals surface area contributed by atoms with Gasteiger partial charge < -0.3 is 14.8 Å². The Morgan fingerprint density at radius 3 is 2.52 bits per heavy atom. The second kappa shape index (κ2) is 9.77. The van der Waals surface area contributed by atoms with Gasteiger partial charge in [-0.1, -0.05) is 42.5 Å². The number of amides is 2. The fourth-order valence-corrected chi connectivity index (χ4v) is 5.41. The summed E-state index contributed by atoms with van der Waals surface area (Å²) in [6, 6.07) is 18.4. The summed E-state index contributed by atoms with van der Waals surface area (Å²) in [6.45, 7) is 1.49. The summed E-state index contributed by atoms with van der Waals surface area (Å²) in [5.41, 5.74) is 3.23. The zero-order chi connectivity index (χ0) is 22.6. The van der Waals surface area contributed by atoms with Crippen molar-refractivity contribution in [3.63, 3.8) is 0 Å². The molecule has 2 aromatic carbocycles. The van der Waals surface area contributed by atoms with Crippen LogP contribution in [0.15, 0.2) is 54.6 Å². The van der Waals surface area contributed by atoms with Crippen LogP contribution < -0.4 is 0 Å². The smallest absolute Gasteiger partial charge is 0.245 e. The van der Waals surface area contributed by atoms with Gasteiger partial charge in [-0.2, -0.15) is 0 Å². The molecule has 6 nitrogen and oxygen atoms in total. The number of rotatable bonds is 7. The monoisotopic (exact) mass is 444 g/mol. The molecule has 0 aliphatic carbocycles. The summed E-state index contributed by atoms with van der Waals surface area (Å²) < 4.78 is 0. The molecule has 33 heavy (non-hydrogen) atoms. The van der Waals surface area contributed by atoms with Gasteiger partial charge in [0.25, 0.3) is 0 Å². The van der Waals surface area contributed by atoms with Crippen molar-refractivity contribution >= 4 is 22.8 Å². The Hall–Kier alpha value is -3.15. The molecular weight excluding hydrogens is 412 g/mol. The molecule has 2 saturated heterocycles. The minimum absolute atomic E-state index is 0.0614. The van der Waals surface area contributed by atoms with Crippen molar-refractivity contribution in [2.75, 3.05) is 13.1 Å². The number of nitrogens with zero attached hydrogens (tertiary/aromatic N) is 3. The van der Waals surface area contributed by atoms with E-state index in [1.807, 2.05) is 35.2 Å². The van der Waals surface area contributed by atoms with Crippen molar-refractivity contribution in [3.8, 4) is 0 Å². The molecule has 1 aromatic heterocycles. The molecule has 6 heteroatoms. The van der Waals surface area contributed by atoms with E-state index in [0.717, 1.165) is 61.9 Å². The molecule has 0 radical (unpaired) electrons. The summed E-state index contributed by atoms with van der Waals surface area (Å²) in [5.74, 6) is 1.04. The number of hydrogen-bond acceptors (Lipinski definition) is 3. The Balaban J connectivity index is 1.19. The molecule has 0 saturated carbocycles. The van der Waals surface area contributed by atoms with Crippen LogP contribution in [0.2, 0.25) is 0 Å². The molecule has 2 aliphatic rings. The maximum atomic E-state index is 13.5. The maximum Gasteiger partial charge on any atom is 0.245 e. The van der Waals surface area contributed by atoms with E-state index < -0.39 is 0 Å². The highest BCUT2D eigenvalue weighted by molar-refractivity contribution is 5.88. The third kappa shape index (κ3) is 4.80. The van der Waals surface area contributed by atoms with Crippen LogP contribution in [0, 0.1) is 0 Å². The van der Waals surface area contributed by atoms with Crippen molar-refractivity contribution in [3.05, 3.63) is 66.0 Å². The van der Waals surface area contributed by atoms with Crippen LogP contribution in [0.5, 0.6) is 0 Å². The molecule has 2 atom stereocenters. The second-order valence-electron chi connectivity index (χ2n) is 9.30. The normalized spacial score (nSPS) is 20.6. The summed E-state index contributed by atoms with van der Waals surface area (Å²) in [7, 11) is 0. The molecule has 2 aliphatic heterocycles. The largest absolute Gasteiger partial charge is 0.342 e. The van der Waals surface area contributed by atoms with E-state index in [1.165, 1.54) is 5.56 Å². The number of carbonyl (C=O) groups is 2. The maximum absolute atomic E-state index is 13.5. The highest BCUT2D eigenvalue weighted by Crippen LogP contribution is 2.27. The molecule has 172 valence electrons. The van der Waals surface area contributed by atoms with E-state index in [-0.39, 0.29) is 23.9 Å². The number of para-hydroxylation sites is 2. The van der Waals surface area contributed by atoms with Gasteiger partial charge in [0.15, 0.2) is 0 Å². The van der Waals surface area contributed by atoms with Crippen LogP contribution in [-0.2, 0) is 22.4 Å². The lowest BCUT2D eigenvalue weighted by Crippen LogP contribution is -2.49. The van der Waals surface area contributed by atoms with Gasteiger partial charge in [-0.05, 0) is 56.2 Å². The van der Waals surface area contributed by atoms with Crippen LogP contribution in [0.1, 0.15) is 49.9 Å². The number of fused-ring (bicyclic) bond motifs is 1. The third-order valence-electron chi connectivity index (χ3n) is 7.14. The summed E-state index contributed by atoms with van der Waals surface area (Å²) in [6.07, 6.45) is 6.70. The lowest BCUT2D eigenvalue weighted by molar-refractivity contribution is -0.144. The van der Waals surface area contributed by atoms with Crippen molar-refractivity contribution in [2.24, 2.45) is 0 Å². The van der Waals surface area contributed by atoms with Crippen molar-refractivity contribution in [1.82, 2.24) is 19.8 Å². The fourth-order valence-electron chi connectivity index (χ4n) is 5.41. The van der Waals surface area contributed by atoms with Gasteiger partial charge in [0, 0.05) is 32.0 Å². The SMILES string of the molecule is O=C([C@@H]1CCCN1C(=O)CCc1nc2ccccc2[nH]1)N1CCCC1CCc1ccccc1. The highest BCUT2D eigenvalue weighted by atomic mass is 16.2. The number of aromatic nitrogens is 2. The van der Waals surface area contributed by atoms with Gasteiger partial charge >= 0.3 is 0 Å².